The second kappa shape index (κ2) is 11.8. The fourth-order valence-corrected chi connectivity index (χ4v) is 4.67. The molecule has 0 radical (unpaired) electrons. The summed E-state index contributed by atoms with van der Waals surface area (Å²) in [6.07, 6.45) is 7.61. The fraction of sp³-hybridized carbons (Fsp3) is 0.565. The molecule has 2 saturated heterocycles. The van der Waals surface area contributed by atoms with E-state index in [-0.39, 0.29) is 36.3 Å². The predicted molar refractivity (Wildman–Crippen MR) is 130 cm³/mol. The molecule has 2 fully saturated rings. The molecule has 0 saturated carbocycles. The first-order valence-corrected chi connectivity index (χ1v) is 11.0. The highest BCUT2D eigenvalue weighted by molar-refractivity contribution is 5.95. The maximum absolute atomic E-state index is 13.3. The second-order valence-electron chi connectivity index (χ2n) is 8.64. The van der Waals surface area contributed by atoms with Crippen molar-refractivity contribution < 1.29 is 4.79 Å². The fourth-order valence-electron chi connectivity index (χ4n) is 4.67. The molecule has 2 aliphatic heterocycles. The zero-order valence-corrected chi connectivity index (χ0v) is 20.4. The van der Waals surface area contributed by atoms with E-state index in [1.807, 2.05) is 37.1 Å². The molecule has 4 heterocycles. The number of hydrogen-bond donors (Lipinski definition) is 1. The number of nitrogens with zero attached hydrogens (tertiary/aromatic N) is 4. The van der Waals surface area contributed by atoms with Crippen molar-refractivity contribution in [2.75, 3.05) is 26.2 Å². The molecule has 0 spiro atoms. The van der Waals surface area contributed by atoms with E-state index in [4.69, 9.17) is 0 Å². The van der Waals surface area contributed by atoms with Crippen LogP contribution in [-0.4, -0.2) is 51.5 Å². The van der Waals surface area contributed by atoms with Gasteiger partial charge in [-0.05, 0) is 76.2 Å². The summed E-state index contributed by atoms with van der Waals surface area (Å²) >= 11 is 0. The summed E-state index contributed by atoms with van der Waals surface area (Å²) in [6.45, 7) is 7.70. The Hall–Kier alpha value is -1.96. The van der Waals surface area contributed by atoms with Crippen LogP contribution < -0.4 is 10.9 Å². The molecule has 176 valence electrons. The Labute approximate surface area is 201 Å². The number of rotatable bonds is 4. The zero-order chi connectivity index (χ0) is 21.1. The average molecular weight is 482 g/mol. The molecule has 7 nitrogen and oxygen atoms in total. The van der Waals surface area contributed by atoms with Crippen LogP contribution in [0.5, 0.6) is 0 Å². The summed E-state index contributed by atoms with van der Waals surface area (Å²) in [6, 6.07) is 3.87. The minimum atomic E-state index is -0.154. The lowest BCUT2D eigenvalue weighted by Gasteiger charge is -2.32. The van der Waals surface area contributed by atoms with Gasteiger partial charge in [-0.1, -0.05) is 0 Å². The number of carbonyl (C=O) groups is 1. The van der Waals surface area contributed by atoms with Crippen molar-refractivity contribution in [3.63, 3.8) is 0 Å². The van der Waals surface area contributed by atoms with Gasteiger partial charge in [0.1, 0.15) is 11.4 Å². The molecule has 1 unspecified atom stereocenters. The Morgan fingerprint density at radius 1 is 1.16 bits per heavy atom. The van der Waals surface area contributed by atoms with Gasteiger partial charge < -0.3 is 14.8 Å². The van der Waals surface area contributed by atoms with Crippen LogP contribution in [0.4, 0.5) is 0 Å². The Balaban J connectivity index is 0.00000181. The molecule has 1 atom stereocenters. The normalized spacial score (nSPS) is 19.1. The Morgan fingerprint density at radius 3 is 2.56 bits per heavy atom. The molecular formula is C23H33Cl2N5O2. The average Bonchev–Trinajstić information content (AvgIpc) is 2.76. The number of halogens is 2. The molecule has 4 rings (SSSR count). The molecule has 2 aromatic heterocycles. The predicted octanol–water partition coefficient (Wildman–Crippen LogP) is 3.12. The van der Waals surface area contributed by atoms with E-state index >= 15 is 0 Å². The van der Waals surface area contributed by atoms with Crippen molar-refractivity contribution in [3.8, 4) is 0 Å². The maximum Gasteiger partial charge on any atom is 0.263 e. The highest BCUT2D eigenvalue weighted by Gasteiger charge is 2.28. The molecular weight excluding hydrogens is 449 g/mol. The van der Waals surface area contributed by atoms with E-state index in [0.29, 0.717) is 37.0 Å². The van der Waals surface area contributed by atoms with Gasteiger partial charge in [0.05, 0.1) is 0 Å². The lowest BCUT2D eigenvalue weighted by atomic mass is 9.92. The third-order valence-electron chi connectivity index (χ3n) is 6.44. The van der Waals surface area contributed by atoms with E-state index in [9.17, 15) is 9.59 Å². The highest BCUT2D eigenvalue weighted by Crippen LogP contribution is 2.27. The van der Waals surface area contributed by atoms with Crippen molar-refractivity contribution in [3.05, 3.63) is 57.5 Å². The van der Waals surface area contributed by atoms with Gasteiger partial charge in [0.15, 0.2) is 0 Å². The first kappa shape index (κ1) is 26.3. The minimum absolute atomic E-state index is 0. The quantitative estimate of drug-likeness (QED) is 0.725. The van der Waals surface area contributed by atoms with Crippen LogP contribution in [0.3, 0.4) is 0 Å². The largest absolute Gasteiger partial charge is 0.338 e. The van der Waals surface area contributed by atoms with E-state index in [1.165, 1.54) is 0 Å². The van der Waals surface area contributed by atoms with Gasteiger partial charge in [0.2, 0.25) is 0 Å². The molecule has 1 amide bonds. The molecule has 1 N–H and O–H groups in total. The van der Waals surface area contributed by atoms with Crippen molar-refractivity contribution in [1.82, 2.24) is 24.8 Å². The molecule has 0 bridgehead atoms. The van der Waals surface area contributed by atoms with Gasteiger partial charge in [-0.3, -0.25) is 9.59 Å². The molecule has 9 heteroatoms. The first-order valence-electron chi connectivity index (χ1n) is 11.0. The molecule has 0 aliphatic carbocycles. The minimum Gasteiger partial charge on any atom is -0.338 e. The number of hydrogen-bond acceptors (Lipinski definition) is 5. The van der Waals surface area contributed by atoms with Gasteiger partial charge in [-0.25, -0.2) is 9.97 Å². The number of pyridine rings is 1. The summed E-state index contributed by atoms with van der Waals surface area (Å²) in [5.41, 5.74) is 1.99. The van der Waals surface area contributed by atoms with Crippen molar-refractivity contribution in [2.45, 2.75) is 52.0 Å². The SMILES string of the molecule is Cc1nccc(C2CCN(C(=O)c3c(C)ccn(CC4CCCNC4)c3=O)CC2)n1.Cl.Cl. The van der Waals surface area contributed by atoms with Crippen LogP contribution in [0.1, 0.15) is 59.0 Å². The number of likely N-dealkylation sites (tertiary alicyclic amines) is 1. The van der Waals surface area contributed by atoms with E-state index in [0.717, 1.165) is 55.9 Å². The molecule has 0 aromatic carbocycles. The van der Waals surface area contributed by atoms with Gasteiger partial charge in [0, 0.05) is 43.6 Å². The number of piperidine rings is 2. The Morgan fingerprint density at radius 2 is 1.91 bits per heavy atom. The summed E-state index contributed by atoms with van der Waals surface area (Å²) < 4.78 is 1.73. The van der Waals surface area contributed by atoms with E-state index < -0.39 is 0 Å². The zero-order valence-electron chi connectivity index (χ0n) is 18.7. The Bertz CT molecular complexity index is 967. The topological polar surface area (TPSA) is 80.1 Å². The summed E-state index contributed by atoms with van der Waals surface area (Å²) in [4.78, 5) is 37.0. The summed E-state index contributed by atoms with van der Waals surface area (Å²) in [7, 11) is 0. The van der Waals surface area contributed by atoms with Crippen LogP contribution in [0.2, 0.25) is 0 Å². The van der Waals surface area contributed by atoms with Crippen LogP contribution in [-0.2, 0) is 6.54 Å². The van der Waals surface area contributed by atoms with Crippen LogP contribution in [0.15, 0.2) is 29.3 Å². The van der Waals surface area contributed by atoms with Gasteiger partial charge in [0.25, 0.3) is 11.5 Å². The highest BCUT2D eigenvalue weighted by atomic mass is 35.5. The smallest absolute Gasteiger partial charge is 0.263 e. The third kappa shape index (κ3) is 5.88. The van der Waals surface area contributed by atoms with Crippen LogP contribution in [0.25, 0.3) is 0 Å². The second-order valence-corrected chi connectivity index (χ2v) is 8.64. The number of carbonyl (C=O) groups excluding carboxylic acids is 1. The summed E-state index contributed by atoms with van der Waals surface area (Å²) in [5, 5.41) is 3.40. The molecule has 2 aliphatic rings. The standard InChI is InChI=1S/C23H31N5O2.2ClH/c1-16-6-11-28(15-18-4-3-9-24-14-18)23(30)21(16)22(29)27-12-7-19(8-13-27)20-5-10-25-17(2)26-20;;/h5-6,10-11,18-19,24H,3-4,7-9,12-15H2,1-2H3;2*1H. The van der Waals surface area contributed by atoms with Crippen molar-refractivity contribution in [2.24, 2.45) is 5.92 Å². The third-order valence-corrected chi connectivity index (χ3v) is 6.44. The first-order chi connectivity index (χ1) is 14.5. The van der Waals surface area contributed by atoms with Gasteiger partial charge in [-0.2, -0.15) is 0 Å². The molecule has 2 aromatic rings. The maximum atomic E-state index is 13.3. The lowest BCUT2D eigenvalue weighted by Crippen LogP contribution is -2.42. The number of nitrogens with one attached hydrogen (secondary N) is 1. The number of amides is 1. The Kier molecular flexibility index (Phi) is 9.67. The molecule has 32 heavy (non-hydrogen) atoms. The number of aryl methyl sites for hydroxylation is 2. The number of aromatic nitrogens is 3. The lowest BCUT2D eigenvalue weighted by molar-refractivity contribution is 0.0708. The van der Waals surface area contributed by atoms with Crippen LogP contribution in [0, 0.1) is 19.8 Å². The van der Waals surface area contributed by atoms with Gasteiger partial charge >= 0.3 is 0 Å². The van der Waals surface area contributed by atoms with Gasteiger partial charge in [-0.15, -0.1) is 24.8 Å². The van der Waals surface area contributed by atoms with E-state index in [1.54, 1.807) is 10.8 Å². The monoisotopic (exact) mass is 481 g/mol. The van der Waals surface area contributed by atoms with Crippen molar-refractivity contribution >= 4 is 30.7 Å². The van der Waals surface area contributed by atoms with Crippen LogP contribution >= 0.6 is 24.8 Å². The van der Waals surface area contributed by atoms with E-state index in [2.05, 4.69) is 15.3 Å². The van der Waals surface area contributed by atoms with Crippen molar-refractivity contribution in [1.29, 1.82) is 0 Å². The summed E-state index contributed by atoms with van der Waals surface area (Å²) in [5.74, 6) is 1.42.